The number of aryl methyl sites for hydroxylation is 1. The molecule has 0 fully saturated rings. The first kappa shape index (κ1) is 15.3. The molecule has 0 radical (unpaired) electrons. The van der Waals surface area contributed by atoms with E-state index in [2.05, 4.69) is 10.9 Å². The lowest BCUT2D eigenvalue weighted by atomic mass is 10.1. The number of nitrogens with one attached hydrogen (secondary N) is 2. The fraction of sp³-hybridized carbons (Fsp3) is 0.133. The van der Waals surface area contributed by atoms with Crippen molar-refractivity contribution >= 4 is 17.8 Å². The van der Waals surface area contributed by atoms with Crippen molar-refractivity contribution in [2.75, 3.05) is 6.61 Å². The van der Waals surface area contributed by atoms with Crippen molar-refractivity contribution < 1.29 is 23.5 Å². The van der Waals surface area contributed by atoms with Crippen molar-refractivity contribution in [3.63, 3.8) is 0 Å². The summed E-state index contributed by atoms with van der Waals surface area (Å²) < 4.78 is 9.67. The van der Waals surface area contributed by atoms with E-state index in [-0.39, 0.29) is 5.76 Å². The van der Waals surface area contributed by atoms with E-state index >= 15 is 0 Å². The predicted molar refractivity (Wildman–Crippen MR) is 75.8 cm³/mol. The van der Waals surface area contributed by atoms with Gasteiger partial charge < -0.3 is 9.15 Å². The van der Waals surface area contributed by atoms with Gasteiger partial charge in [0.1, 0.15) is 0 Å². The summed E-state index contributed by atoms with van der Waals surface area (Å²) in [5.41, 5.74) is 5.60. The van der Waals surface area contributed by atoms with Gasteiger partial charge in [-0.15, -0.1) is 0 Å². The van der Waals surface area contributed by atoms with Crippen LogP contribution < -0.4 is 10.9 Å². The summed E-state index contributed by atoms with van der Waals surface area (Å²) in [4.78, 5) is 34.6. The first-order valence-corrected chi connectivity index (χ1v) is 6.43. The second kappa shape index (κ2) is 7.07. The highest BCUT2D eigenvalue weighted by atomic mass is 16.5. The molecule has 0 bridgehead atoms. The van der Waals surface area contributed by atoms with Gasteiger partial charge in [0, 0.05) is 0 Å². The Balaban J connectivity index is 1.74. The Morgan fingerprint density at radius 3 is 2.45 bits per heavy atom. The normalized spacial score (nSPS) is 9.86. The molecule has 22 heavy (non-hydrogen) atoms. The number of carbonyl (C=O) groups is 3. The molecule has 0 saturated carbocycles. The molecule has 1 aromatic carbocycles. The van der Waals surface area contributed by atoms with Crippen LogP contribution in [0.2, 0.25) is 0 Å². The van der Waals surface area contributed by atoms with Gasteiger partial charge in [-0.2, -0.15) is 0 Å². The van der Waals surface area contributed by atoms with E-state index in [1.807, 2.05) is 6.92 Å². The second-order valence-electron chi connectivity index (χ2n) is 4.42. The molecule has 2 N–H and O–H groups in total. The molecule has 0 aliphatic heterocycles. The highest BCUT2D eigenvalue weighted by molar-refractivity contribution is 5.94. The van der Waals surface area contributed by atoms with Crippen molar-refractivity contribution in [1.82, 2.24) is 10.9 Å². The first-order valence-electron chi connectivity index (χ1n) is 6.43. The van der Waals surface area contributed by atoms with Crippen LogP contribution in [0.3, 0.4) is 0 Å². The summed E-state index contributed by atoms with van der Waals surface area (Å²) in [5.74, 6) is -1.84. The molecule has 0 aliphatic rings. The summed E-state index contributed by atoms with van der Waals surface area (Å²) in [6.45, 7) is 1.38. The van der Waals surface area contributed by atoms with Crippen molar-refractivity contribution in [2.45, 2.75) is 6.92 Å². The van der Waals surface area contributed by atoms with Crippen LogP contribution in [0, 0.1) is 6.92 Å². The summed E-state index contributed by atoms with van der Waals surface area (Å²) >= 11 is 0. The third-order valence-electron chi connectivity index (χ3n) is 2.68. The summed E-state index contributed by atoms with van der Waals surface area (Å²) in [7, 11) is 0. The van der Waals surface area contributed by atoms with Crippen LogP contribution in [0.25, 0.3) is 0 Å². The molecule has 0 atom stereocenters. The number of carbonyl (C=O) groups excluding carboxylic acids is 3. The summed E-state index contributed by atoms with van der Waals surface area (Å²) in [5, 5.41) is 0. The average Bonchev–Trinajstić information content (AvgIpc) is 3.05. The third-order valence-corrected chi connectivity index (χ3v) is 2.68. The molecule has 2 aromatic rings. The van der Waals surface area contributed by atoms with Crippen LogP contribution in [0.4, 0.5) is 0 Å². The highest BCUT2D eigenvalue weighted by Gasteiger charge is 2.12. The summed E-state index contributed by atoms with van der Waals surface area (Å²) in [6.07, 6.45) is 1.33. The Labute approximate surface area is 126 Å². The maximum absolute atomic E-state index is 11.7. The number of benzene rings is 1. The maximum atomic E-state index is 11.7. The number of ether oxygens (including phenoxy) is 1. The van der Waals surface area contributed by atoms with E-state index in [4.69, 9.17) is 9.15 Å². The van der Waals surface area contributed by atoms with Gasteiger partial charge in [-0.05, 0) is 31.2 Å². The topological polar surface area (TPSA) is 97.6 Å². The van der Waals surface area contributed by atoms with Crippen molar-refractivity contribution in [3.05, 3.63) is 59.5 Å². The number of hydrogen-bond donors (Lipinski definition) is 2. The van der Waals surface area contributed by atoms with Crippen LogP contribution in [-0.2, 0) is 9.53 Å². The minimum Gasteiger partial charge on any atom is -0.459 e. The smallest absolute Gasteiger partial charge is 0.338 e. The molecule has 2 amide bonds. The molecule has 7 nitrogen and oxygen atoms in total. The number of esters is 1. The molecule has 0 spiro atoms. The van der Waals surface area contributed by atoms with Crippen LogP contribution in [-0.4, -0.2) is 24.4 Å². The quantitative estimate of drug-likeness (QED) is 0.653. The highest BCUT2D eigenvalue weighted by Crippen LogP contribution is 2.04. The van der Waals surface area contributed by atoms with Crippen molar-refractivity contribution in [1.29, 1.82) is 0 Å². The molecule has 114 valence electrons. The number of hydrogen-bond acceptors (Lipinski definition) is 5. The Hall–Kier alpha value is -3.09. The third kappa shape index (κ3) is 4.20. The fourth-order valence-corrected chi connectivity index (χ4v) is 1.54. The molecule has 2 rings (SSSR count). The van der Waals surface area contributed by atoms with Crippen LogP contribution in [0.5, 0.6) is 0 Å². The zero-order valence-corrected chi connectivity index (χ0v) is 11.8. The van der Waals surface area contributed by atoms with Gasteiger partial charge in [-0.3, -0.25) is 20.4 Å². The molecule has 0 unspecified atom stereocenters. The fourth-order valence-electron chi connectivity index (χ4n) is 1.54. The molecule has 7 heteroatoms. The average molecular weight is 302 g/mol. The first-order chi connectivity index (χ1) is 10.6. The molecule has 1 heterocycles. The van der Waals surface area contributed by atoms with E-state index < -0.39 is 24.4 Å². The zero-order valence-electron chi connectivity index (χ0n) is 11.8. The van der Waals surface area contributed by atoms with Gasteiger partial charge in [-0.25, -0.2) is 4.79 Å². The minimum atomic E-state index is -0.666. The van der Waals surface area contributed by atoms with E-state index in [1.165, 1.54) is 12.3 Å². The maximum Gasteiger partial charge on any atom is 0.338 e. The Kier molecular flexibility index (Phi) is 4.92. The van der Waals surface area contributed by atoms with Crippen LogP contribution in [0.15, 0.2) is 47.1 Å². The zero-order chi connectivity index (χ0) is 15.9. The van der Waals surface area contributed by atoms with Gasteiger partial charge >= 0.3 is 11.9 Å². The Morgan fingerprint density at radius 1 is 1.09 bits per heavy atom. The van der Waals surface area contributed by atoms with Crippen LogP contribution >= 0.6 is 0 Å². The van der Waals surface area contributed by atoms with E-state index in [0.29, 0.717) is 5.56 Å². The van der Waals surface area contributed by atoms with Gasteiger partial charge in [-0.1, -0.05) is 17.7 Å². The molecule has 0 saturated heterocycles. The lowest BCUT2D eigenvalue weighted by molar-refractivity contribution is -0.125. The second-order valence-corrected chi connectivity index (χ2v) is 4.42. The van der Waals surface area contributed by atoms with E-state index in [9.17, 15) is 14.4 Å². The lowest BCUT2D eigenvalue weighted by Crippen LogP contribution is -2.43. The standard InChI is InChI=1S/C15H14N2O5/c1-10-4-6-11(7-5-10)15(20)22-9-13(18)16-17-14(19)12-3-2-8-21-12/h2-8H,9H2,1H3,(H,16,18)(H,17,19). The SMILES string of the molecule is Cc1ccc(C(=O)OCC(=O)NNC(=O)c2ccco2)cc1. The monoisotopic (exact) mass is 302 g/mol. The van der Waals surface area contributed by atoms with Crippen molar-refractivity contribution in [3.8, 4) is 0 Å². The molecular weight excluding hydrogens is 288 g/mol. The molecule has 0 aliphatic carbocycles. The number of hydrazine groups is 1. The number of rotatable bonds is 4. The van der Waals surface area contributed by atoms with E-state index in [0.717, 1.165) is 5.56 Å². The predicted octanol–water partition coefficient (Wildman–Crippen LogP) is 1.21. The number of amides is 2. The van der Waals surface area contributed by atoms with Crippen LogP contribution in [0.1, 0.15) is 26.5 Å². The Morgan fingerprint density at radius 2 is 1.82 bits per heavy atom. The van der Waals surface area contributed by atoms with Gasteiger partial charge in [0.2, 0.25) is 0 Å². The lowest BCUT2D eigenvalue weighted by Gasteiger charge is -2.07. The largest absolute Gasteiger partial charge is 0.459 e. The van der Waals surface area contributed by atoms with Gasteiger partial charge in [0.05, 0.1) is 11.8 Å². The van der Waals surface area contributed by atoms with Gasteiger partial charge in [0.15, 0.2) is 12.4 Å². The molecule has 1 aromatic heterocycles. The molecular formula is C15H14N2O5. The summed E-state index contributed by atoms with van der Waals surface area (Å²) in [6, 6.07) is 9.72. The van der Waals surface area contributed by atoms with Gasteiger partial charge in [0.25, 0.3) is 5.91 Å². The van der Waals surface area contributed by atoms with Crippen molar-refractivity contribution in [2.24, 2.45) is 0 Å². The number of furan rings is 1. The minimum absolute atomic E-state index is 0.0527. The van der Waals surface area contributed by atoms with E-state index in [1.54, 1.807) is 30.3 Å². The Bertz CT molecular complexity index is 662.